The number of aromatic nitrogens is 1. The summed E-state index contributed by atoms with van der Waals surface area (Å²) in [7, 11) is 1.50. The Bertz CT molecular complexity index is 1310. The second kappa shape index (κ2) is 8.48. The first-order chi connectivity index (χ1) is 15.6. The molecule has 1 aliphatic heterocycles. The van der Waals surface area contributed by atoms with Crippen LogP contribution in [0.1, 0.15) is 16.4 Å². The topological polar surface area (TPSA) is 59.5 Å². The molecule has 1 atom stereocenters. The minimum absolute atomic E-state index is 0.209. The number of nitrogens with zero attached hydrogens (tertiary/aromatic N) is 2. The molecule has 1 fully saturated rings. The summed E-state index contributed by atoms with van der Waals surface area (Å²) < 4.78 is 5.97. The van der Waals surface area contributed by atoms with Crippen molar-refractivity contribution in [1.29, 1.82) is 0 Å². The number of hydrogen-bond acceptors (Lipinski definition) is 5. The maximum Gasteiger partial charge on any atom is 0.289 e. The molecule has 4 aromatic rings. The van der Waals surface area contributed by atoms with Crippen molar-refractivity contribution in [2.24, 2.45) is 0 Å². The highest BCUT2D eigenvalue weighted by Gasteiger charge is 2.38. The number of likely N-dealkylation sites (N-methyl/N-ethyl adjacent to an activating group) is 1. The van der Waals surface area contributed by atoms with Crippen LogP contribution >= 0.6 is 11.8 Å². The van der Waals surface area contributed by atoms with Crippen molar-refractivity contribution in [1.82, 2.24) is 9.88 Å². The molecule has 158 valence electrons. The average molecular weight is 441 g/mol. The van der Waals surface area contributed by atoms with Crippen LogP contribution in [0, 0.1) is 0 Å². The Morgan fingerprint density at radius 1 is 0.938 bits per heavy atom. The molecule has 0 N–H and O–H groups in total. The van der Waals surface area contributed by atoms with Crippen LogP contribution in [0.15, 0.2) is 85.1 Å². The summed E-state index contributed by atoms with van der Waals surface area (Å²) in [6, 6.07) is 26.2. The lowest BCUT2D eigenvalue weighted by molar-refractivity contribution is -0.125. The van der Waals surface area contributed by atoms with E-state index in [4.69, 9.17) is 4.74 Å². The Labute approximate surface area is 190 Å². The van der Waals surface area contributed by atoms with Gasteiger partial charge in [0.2, 0.25) is 5.91 Å². The molecule has 1 saturated heterocycles. The van der Waals surface area contributed by atoms with Gasteiger partial charge < -0.3 is 4.74 Å². The van der Waals surface area contributed by atoms with Gasteiger partial charge in [-0.2, -0.15) is 0 Å². The molecule has 2 amide bonds. The molecule has 32 heavy (non-hydrogen) atoms. The summed E-state index contributed by atoms with van der Waals surface area (Å²) in [5.41, 5.74) is 4.96. The number of ether oxygens (including phenoxy) is 1. The number of thioether (sulfide) groups is 1. The summed E-state index contributed by atoms with van der Waals surface area (Å²) in [5.74, 6) is 0.519. The van der Waals surface area contributed by atoms with Gasteiger partial charge in [0.15, 0.2) is 0 Å². The average Bonchev–Trinajstić information content (AvgIpc) is 3.10. The number of pyridine rings is 1. The second-order valence-corrected chi connectivity index (χ2v) is 8.69. The zero-order valence-corrected chi connectivity index (χ0v) is 18.2. The molecular weight excluding hydrogens is 420 g/mol. The number of amides is 2. The maximum absolute atomic E-state index is 12.3. The van der Waals surface area contributed by atoms with Gasteiger partial charge in [0.05, 0.1) is 5.52 Å². The maximum atomic E-state index is 12.3. The van der Waals surface area contributed by atoms with Gasteiger partial charge in [-0.3, -0.25) is 19.5 Å². The van der Waals surface area contributed by atoms with Crippen molar-refractivity contribution < 1.29 is 14.3 Å². The van der Waals surface area contributed by atoms with E-state index < -0.39 is 5.25 Å². The van der Waals surface area contributed by atoms with E-state index in [9.17, 15) is 9.59 Å². The molecule has 6 heteroatoms. The van der Waals surface area contributed by atoms with E-state index >= 15 is 0 Å². The third-order valence-electron chi connectivity index (χ3n) is 5.49. The predicted octanol–water partition coefficient (Wildman–Crippen LogP) is 5.85. The Hall–Kier alpha value is -3.64. The van der Waals surface area contributed by atoms with Crippen molar-refractivity contribution in [2.45, 2.75) is 11.9 Å². The quantitative estimate of drug-likeness (QED) is 0.390. The molecule has 0 radical (unpaired) electrons. The van der Waals surface area contributed by atoms with Crippen LogP contribution < -0.4 is 4.74 Å². The Balaban J connectivity index is 1.28. The third-order valence-corrected chi connectivity index (χ3v) is 6.68. The molecular formula is C26H20N2O3S. The molecule has 5 nitrogen and oxygen atoms in total. The minimum Gasteiger partial charge on any atom is -0.489 e. The number of rotatable bonds is 5. The number of hydrogen-bond donors (Lipinski definition) is 0. The highest BCUT2D eigenvalue weighted by atomic mass is 32.2. The van der Waals surface area contributed by atoms with Gasteiger partial charge in [-0.1, -0.05) is 54.6 Å². The van der Waals surface area contributed by atoms with Gasteiger partial charge in [0, 0.05) is 24.7 Å². The van der Waals surface area contributed by atoms with Crippen molar-refractivity contribution in [3.8, 4) is 16.9 Å². The first-order valence-corrected chi connectivity index (χ1v) is 11.1. The SMILES string of the molecule is CN1C(=O)SC(c2cnc3cc(OCc4ccc(-c5ccccc5)cc4)ccc3c2)C1=O. The molecule has 0 bridgehead atoms. The summed E-state index contributed by atoms with van der Waals surface area (Å²) in [5, 5.41) is 0.136. The standard InChI is InChI=1S/C26H20N2O3S/c1-28-25(29)24(32-26(28)30)21-13-20-11-12-22(14-23(20)27-15-21)31-16-17-7-9-19(10-8-17)18-5-3-2-4-6-18/h2-15,24H,16H2,1H3. The lowest BCUT2D eigenvalue weighted by Crippen LogP contribution is -2.24. The molecule has 1 aromatic heterocycles. The van der Waals surface area contributed by atoms with Crippen LogP contribution in [0.5, 0.6) is 5.75 Å². The molecule has 3 aromatic carbocycles. The number of carbonyl (C=O) groups is 2. The van der Waals surface area contributed by atoms with Crippen LogP contribution in [0.25, 0.3) is 22.0 Å². The smallest absolute Gasteiger partial charge is 0.289 e. The zero-order chi connectivity index (χ0) is 22.1. The molecule has 5 rings (SSSR count). The van der Waals surface area contributed by atoms with Crippen molar-refractivity contribution >= 4 is 33.8 Å². The van der Waals surface area contributed by atoms with Crippen LogP contribution in [0.3, 0.4) is 0 Å². The summed E-state index contributed by atoms with van der Waals surface area (Å²) >= 11 is 1.02. The van der Waals surface area contributed by atoms with Gasteiger partial charge in [-0.25, -0.2) is 0 Å². The van der Waals surface area contributed by atoms with Crippen molar-refractivity contribution in [3.05, 3.63) is 96.2 Å². The summed E-state index contributed by atoms with van der Waals surface area (Å²) in [6.45, 7) is 0.459. The first-order valence-electron chi connectivity index (χ1n) is 10.2. The second-order valence-electron chi connectivity index (χ2n) is 7.64. The fourth-order valence-corrected chi connectivity index (χ4v) is 4.62. The lowest BCUT2D eigenvalue weighted by atomic mass is 10.0. The van der Waals surface area contributed by atoms with Crippen LogP contribution in [-0.4, -0.2) is 28.1 Å². The van der Waals surface area contributed by atoms with Gasteiger partial charge in [-0.05, 0) is 52.2 Å². The van der Waals surface area contributed by atoms with E-state index in [2.05, 4.69) is 41.4 Å². The lowest BCUT2D eigenvalue weighted by Gasteiger charge is -2.10. The zero-order valence-electron chi connectivity index (χ0n) is 17.4. The predicted molar refractivity (Wildman–Crippen MR) is 126 cm³/mol. The van der Waals surface area contributed by atoms with Crippen LogP contribution in [0.2, 0.25) is 0 Å². The van der Waals surface area contributed by atoms with E-state index in [1.807, 2.05) is 42.5 Å². The monoisotopic (exact) mass is 440 g/mol. The van der Waals surface area contributed by atoms with Crippen LogP contribution in [0.4, 0.5) is 4.79 Å². The Kier molecular flexibility index (Phi) is 5.37. The fraction of sp³-hybridized carbons (Fsp3) is 0.115. The van der Waals surface area contributed by atoms with E-state index in [0.717, 1.165) is 44.4 Å². The van der Waals surface area contributed by atoms with Gasteiger partial charge in [0.25, 0.3) is 5.24 Å². The molecule has 0 spiro atoms. The molecule has 0 aliphatic carbocycles. The molecule has 1 aliphatic rings. The number of benzene rings is 3. The number of fused-ring (bicyclic) bond motifs is 1. The third kappa shape index (κ3) is 3.97. The van der Waals surface area contributed by atoms with Gasteiger partial charge >= 0.3 is 0 Å². The highest BCUT2D eigenvalue weighted by Crippen LogP contribution is 2.39. The molecule has 2 heterocycles. The largest absolute Gasteiger partial charge is 0.489 e. The summed E-state index contributed by atoms with van der Waals surface area (Å²) in [6.07, 6.45) is 1.66. The van der Waals surface area contributed by atoms with Gasteiger partial charge in [0.1, 0.15) is 17.6 Å². The summed E-state index contributed by atoms with van der Waals surface area (Å²) in [4.78, 5) is 29.7. The minimum atomic E-state index is -0.529. The number of carbonyl (C=O) groups excluding carboxylic acids is 2. The fourth-order valence-electron chi connectivity index (χ4n) is 3.65. The molecule has 1 unspecified atom stereocenters. The van der Waals surface area contributed by atoms with Gasteiger partial charge in [-0.15, -0.1) is 0 Å². The highest BCUT2D eigenvalue weighted by molar-refractivity contribution is 8.14. The van der Waals surface area contributed by atoms with E-state index in [1.54, 1.807) is 6.20 Å². The van der Waals surface area contributed by atoms with E-state index in [-0.39, 0.29) is 11.1 Å². The van der Waals surface area contributed by atoms with Crippen molar-refractivity contribution in [2.75, 3.05) is 7.05 Å². The first kappa shape index (κ1) is 20.3. The van der Waals surface area contributed by atoms with E-state index in [1.165, 1.54) is 18.2 Å². The normalized spacial score (nSPS) is 16.0. The van der Waals surface area contributed by atoms with Crippen molar-refractivity contribution in [3.63, 3.8) is 0 Å². The van der Waals surface area contributed by atoms with E-state index in [0.29, 0.717) is 6.61 Å². The Morgan fingerprint density at radius 3 is 2.41 bits per heavy atom. The van der Waals surface area contributed by atoms with Crippen LogP contribution in [-0.2, 0) is 11.4 Å². The Morgan fingerprint density at radius 2 is 1.69 bits per heavy atom. The molecule has 0 saturated carbocycles. The number of imide groups is 1.